The predicted molar refractivity (Wildman–Crippen MR) is 136 cm³/mol. The number of hydrogen-bond donors (Lipinski definition) is 0. The lowest BCUT2D eigenvalue weighted by Crippen LogP contribution is -2.31. The van der Waals surface area contributed by atoms with Crippen LogP contribution in [0.3, 0.4) is 0 Å². The maximum absolute atomic E-state index is 11.3. The molecule has 7 nitrogen and oxygen atoms in total. The quantitative estimate of drug-likeness (QED) is 0.168. The third kappa shape index (κ3) is 5.52. The van der Waals surface area contributed by atoms with Crippen LogP contribution in [0.2, 0.25) is 0 Å². The molecule has 0 saturated carbocycles. The molecule has 0 N–H and O–H groups in total. The van der Waals surface area contributed by atoms with E-state index in [1.807, 2.05) is 35.0 Å². The summed E-state index contributed by atoms with van der Waals surface area (Å²) in [6, 6.07) is 23.5. The predicted octanol–water partition coefficient (Wildman–Crippen LogP) is 5.75. The lowest BCUT2D eigenvalue weighted by molar-refractivity contribution is -0.384. The summed E-state index contributed by atoms with van der Waals surface area (Å²) in [5.41, 5.74) is 4.88. The van der Waals surface area contributed by atoms with Gasteiger partial charge in [0.25, 0.3) is 5.69 Å². The maximum Gasteiger partial charge on any atom is 0.270 e. The molecule has 2 heterocycles. The lowest BCUT2D eigenvalue weighted by atomic mass is 10.00. The van der Waals surface area contributed by atoms with Gasteiger partial charge in [-0.15, -0.1) is 5.10 Å². The molecule has 0 atom stereocenters. The number of non-ortho nitro benzene ring substituents is 1. The van der Waals surface area contributed by atoms with Crippen molar-refractivity contribution in [2.24, 2.45) is 0 Å². The van der Waals surface area contributed by atoms with Crippen LogP contribution >= 0.6 is 0 Å². The Balaban J connectivity index is 1.19. The van der Waals surface area contributed by atoms with Gasteiger partial charge in [0.05, 0.1) is 15.8 Å². The third-order valence-corrected chi connectivity index (χ3v) is 6.68. The lowest BCUT2D eigenvalue weighted by Gasteiger charge is -2.28. The first-order chi connectivity index (χ1) is 17.2. The van der Waals surface area contributed by atoms with E-state index in [0.29, 0.717) is 17.9 Å². The molecular formula is C28H30N4O3. The second-order valence-electron chi connectivity index (χ2n) is 9.12. The summed E-state index contributed by atoms with van der Waals surface area (Å²) < 4.78 is 7.92. The molecule has 0 saturated heterocycles. The fourth-order valence-corrected chi connectivity index (χ4v) is 4.77. The van der Waals surface area contributed by atoms with Crippen LogP contribution in [0, 0.1) is 10.1 Å². The maximum atomic E-state index is 11.3. The number of unbranched alkanes of at least 4 members (excludes halogenated alkanes) is 2. The molecule has 5 rings (SSSR count). The zero-order valence-electron chi connectivity index (χ0n) is 19.8. The van der Waals surface area contributed by atoms with Gasteiger partial charge in [-0.05, 0) is 48.6 Å². The Bertz CT molecular complexity index is 1300. The van der Waals surface area contributed by atoms with Crippen LogP contribution in [-0.2, 0) is 26.1 Å². The molecule has 0 bridgehead atoms. The minimum absolute atomic E-state index is 0.0460. The summed E-state index contributed by atoms with van der Waals surface area (Å²) in [5.74, 6) is 0.444. The van der Waals surface area contributed by atoms with Crippen molar-refractivity contribution in [2.45, 2.75) is 45.4 Å². The Labute approximate surface area is 205 Å². The minimum Gasteiger partial charge on any atom is -0.471 e. The van der Waals surface area contributed by atoms with Crippen LogP contribution in [0.25, 0.3) is 10.9 Å². The van der Waals surface area contributed by atoms with Crippen molar-refractivity contribution >= 4 is 16.6 Å². The van der Waals surface area contributed by atoms with Gasteiger partial charge in [-0.2, -0.15) is 0 Å². The Morgan fingerprint density at radius 1 is 0.914 bits per heavy atom. The first-order valence-electron chi connectivity index (χ1n) is 12.3. The Morgan fingerprint density at radius 3 is 2.51 bits per heavy atom. The molecule has 4 aromatic rings. The molecule has 1 aromatic heterocycles. The average Bonchev–Trinajstić information content (AvgIpc) is 3.24. The van der Waals surface area contributed by atoms with Crippen LogP contribution in [0.5, 0.6) is 5.88 Å². The smallest absolute Gasteiger partial charge is 0.270 e. The number of benzene rings is 3. The van der Waals surface area contributed by atoms with Crippen molar-refractivity contribution in [3.63, 3.8) is 0 Å². The highest BCUT2D eigenvalue weighted by Gasteiger charge is 2.17. The number of nitro benzene ring substituents is 1. The second kappa shape index (κ2) is 10.7. The molecular weight excluding hydrogens is 440 g/mol. The molecule has 0 radical (unpaired) electrons. The summed E-state index contributed by atoms with van der Waals surface area (Å²) in [4.78, 5) is 13.5. The van der Waals surface area contributed by atoms with E-state index in [1.165, 1.54) is 17.2 Å². The summed E-state index contributed by atoms with van der Waals surface area (Å²) in [6.07, 6.45) is 4.38. The molecule has 0 aliphatic carbocycles. The van der Waals surface area contributed by atoms with E-state index in [4.69, 9.17) is 4.74 Å². The highest BCUT2D eigenvalue weighted by atomic mass is 16.6. The van der Waals surface area contributed by atoms with Gasteiger partial charge in [0.1, 0.15) is 6.61 Å². The van der Waals surface area contributed by atoms with E-state index < -0.39 is 0 Å². The van der Waals surface area contributed by atoms with Crippen molar-refractivity contribution in [1.82, 2.24) is 14.7 Å². The Morgan fingerprint density at radius 2 is 1.69 bits per heavy atom. The van der Waals surface area contributed by atoms with Gasteiger partial charge in [0.15, 0.2) is 0 Å². The fourth-order valence-electron chi connectivity index (χ4n) is 4.77. The molecule has 1 aliphatic heterocycles. The summed E-state index contributed by atoms with van der Waals surface area (Å²) in [5, 5.41) is 16.7. The first-order valence-corrected chi connectivity index (χ1v) is 12.3. The van der Waals surface area contributed by atoms with Crippen LogP contribution in [0.15, 0.2) is 72.8 Å². The molecule has 180 valence electrons. The van der Waals surface area contributed by atoms with Gasteiger partial charge < -0.3 is 4.74 Å². The van der Waals surface area contributed by atoms with Crippen molar-refractivity contribution in [1.29, 1.82) is 0 Å². The van der Waals surface area contributed by atoms with Crippen LogP contribution in [0.4, 0.5) is 5.69 Å². The van der Waals surface area contributed by atoms with Crippen molar-refractivity contribution in [3.8, 4) is 5.88 Å². The minimum atomic E-state index is -0.378. The number of hydrogen-bond acceptors (Lipinski definition) is 5. The van der Waals surface area contributed by atoms with E-state index in [2.05, 4.69) is 34.3 Å². The van der Waals surface area contributed by atoms with Crippen molar-refractivity contribution in [2.75, 3.05) is 13.1 Å². The second-order valence-corrected chi connectivity index (χ2v) is 9.12. The summed E-state index contributed by atoms with van der Waals surface area (Å²) in [7, 11) is 0. The molecule has 3 aromatic carbocycles. The summed E-state index contributed by atoms with van der Waals surface area (Å²) in [6.45, 7) is 4.40. The zero-order valence-corrected chi connectivity index (χ0v) is 19.8. The topological polar surface area (TPSA) is 73.4 Å². The van der Waals surface area contributed by atoms with E-state index in [0.717, 1.165) is 62.9 Å². The third-order valence-electron chi connectivity index (χ3n) is 6.68. The number of aryl methyl sites for hydroxylation is 1. The van der Waals surface area contributed by atoms with Gasteiger partial charge in [0, 0.05) is 31.8 Å². The normalized spacial score (nSPS) is 13.6. The Hall–Kier alpha value is -3.71. The van der Waals surface area contributed by atoms with Crippen LogP contribution in [0.1, 0.15) is 36.0 Å². The van der Waals surface area contributed by atoms with Gasteiger partial charge in [-0.1, -0.05) is 61.0 Å². The fraction of sp³-hybridized carbons (Fsp3) is 0.321. The first kappa shape index (κ1) is 23.1. The van der Waals surface area contributed by atoms with E-state index in [9.17, 15) is 10.1 Å². The molecule has 35 heavy (non-hydrogen) atoms. The van der Waals surface area contributed by atoms with Gasteiger partial charge in [-0.3, -0.25) is 19.7 Å². The monoisotopic (exact) mass is 470 g/mol. The van der Waals surface area contributed by atoms with Gasteiger partial charge in [-0.25, -0.2) is 0 Å². The average molecular weight is 471 g/mol. The highest BCUT2D eigenvalue weighted by molar-refractivity contribution is 5.86. The van der Waals surface area contributed by atoms with E-state index >= 15 is 0 Å². The molecule has 0 fully saturated rings. The standard InChI is InChI=1S/C28H30N4O3/c33-32(34)25-13-14-27-26(19-25)28(35-21-22-9-3-1-4-10-22)29-31(27)17-8-2-7-16-30-18-15-23-11-5-6-12-24(23)20-30/h1,3-6,9-14,19H,2,7-8,15-18,20-21H2. The van der Waals surface area contributed by atoms with Gasteiger partial charge in [0.2, 0.25) is 5.88 Å². The molecule has 0 spiro atoms. The number of ether oxygens (including phenoxy) is 1. The van der Waals surface area contributed by atoms with E-state index in [1.54, 1.807) is 12.1 Å². The number of nitrogens with zero attached hydrogens (tertiary/aromatic N) is 4. The van der Waals surface area contributed by atoms with Crippen LogP contribution < -0.4 is 4.74 Å². The number of aromatic nitrogens is 2. The largest absolute Gasteiger partial charge is 0.471 e. The number of rotatable bonds is 10. The number of fused-ring (bicyclic) bond motifs is 2. The molecule has 1 aliphatic rings. The van der Waals surface area contributed by atoms with Gasteiger partial charge >= 0.3 is 0 Å². The highest BCUT2D eigenvalue weighted by Crippen LogP contribution is 2.30. The molecule has 0 unspecified atom stereocenters. The molecule has 7 heteroatoms. The summed E-state index contributed by atoms with van der Waals surface area (Å²) >= 11 is 0. The van der Waals surface area contributed by atoms with Crippen molar-refractivity contribution < 1.29 is 9.66 Å². The van der Waals surface area contributed by atoms with Crippen LogP contribution in [-0.4, -0.2) is 32.7 Å². The Kier molecular flexibility index (Phi) is 7.04. The van der Waals surface area contributed by atoms with Crippen molar-refractivity contribution in [3.05, 3.63) is 99.6 Å². The molecule has 0 amide bonds. The zero-order chi connectivity index (χ0) is 24.0. The number of nitro groups is 1. The van der Waals surface area contributed by atoms with E-state index in [-0.39, 0.29) is 10.6 Å². The SMILES string of the molecule is O=[N+]([O-])c1ccc2c(c1)c(OCc1ccccc1)nn2CCCCCN1CCc2ccccc2C1.